The molecule has 2 aromatic rings. The van der Waals surface area contributed by atoms with E-state index in [0.717, 1.165) is 5.69 Å². The summed E-state index contributed by atoms with van der Waals surface area (Å²) < 4.78 is 9.83. The molecule has 0 saturated heterocycles. The lowest BCUT2D eigenvalue weighted by Gasteiger charge is -1.98. The van der Waals surface area contributed by atoms with Crippen molar-refractivity contribution in [1.29, 1.82) is 0 Å². The molecule has 0 aliphatic heterocycles. The molecule has 80 valence electrons. The summed E-state index contributed by atoms with van der Waals surface area (Å²) in [7, 11) is 0. The van der Waals surface area contributed by atoms with Gasteiger partial charge in [-0.1, -0.05) is 10.3 Å². The summed E-state index contributed by atoms with van der Waals surface area (Å²) in [6.07, 6.45) is 0. The van der Waals surface area contributed by atoms with Crippen LogP contribution in [0.2, 0.25) is 0 Å². The summed E-state index contributed by atoms with van der Waals surface area (Å²) >= 11 is 0. The molecule has 3 N–H and O–H groups in total. The minimum Gasteiger partial charge on any atom is -0.394 e. The van der Waals surface area contributed by atoms with Gasteiger partial charge in [0, 0.05) is 6.07 Å². The highest BCUT2D eigenvalue weighted by Crippen LogP contribution is 2.19. The van der Waals surface area contributed by atoms with Gasteiger partial charge in [0.15, 0.2) is 5.82 Å². The molecule has 0 amide bonds. The first-order valence-corrected chi connectivity index (χ1v) is 4.34. The van der Waals surface area contributed by atoms with Crippen LogP contribution in [0, 0.1) is 6.92 Å². The van der Waals surface area contributed by atoms with Crippen molar-refractivity contribution in [3.63, 3.8) is 0 Å². The lowest BCUT2D eigenvalue weighted by molar-refractivity contribution is 0.260. The van der Waals surface area contributed by atoms with E-state index >= 15 is 0 Å². The highest BCUT2D eigenvalue weighted by Gasteiger charge is 2.16. The molecule has 0 aliphatic carbocycles. The summed E-state index contributed by atoms with van der Waals surface area (Å²) in [6.45, 7) is 1.54. The van der Waals surface area contributed by atoms with Crippen molar-refractivity contribution in [2.24, 2.45) is 5.73 Å². The van der Waals surface area contributed by atoms with Gasteiger partial charge in [-0.2, -0.15) is 4.98 Å². The Labute approximate surface area is 84.9 Å². The van der Waals surface area contributed by atoms with Crippen LogP contribution in [-0.4, -0.2) is 27.0 Å². The summed E-state index contributed by atoms with van der Waals surface area (Å²) in [4.78, 5) is 3.97. The van der Waals surface area contributed by atoms with E-state index < -0.39 is 6.04 Å². The zero-order valence-corrected chi connectivity index (χ0v) is 8.04. The molecule has 2 aromatic heterocycles. The van der Waals surface area contributed by atoms with E-state index in [-0.39, 0.29) is 18.3 Å². The summed E-state index contributed by atoms with van der Waals surface area (Å²) in [5.41, 5.74) is 6.23. The molecule has 7 nitrogen and oxygen atoms in total. The first-order chi connectivity index (χ1) is 7.20. The van der Waals surface area contributed by atoms with Crippen LogP contribution in [0.25, 0.3) is 11.7 Å². The fraction of sp³-hybridized carbons (Fsp3) is 0.375. The Balaban J connectivity index is 2.27. The van der Waals surface area contributed by atoms with Gasteiger partial charge in [0.2, 0.25) is 5.76 Å². The third kappa shape index (κ3) is 1.88. The number of aliphatic hydroxyl groups is 1. The lowest BCUT2D eigenvalue weighted by Crippen LogP contribution is -2.15. The molecule has 1 unspecified atom stereocenters. The first kappa shape index (κ1) is 9.81. The highest BCUT2D eigenvalue weighted by molar-refractivity contribution is 5.43. The van der Waals surface area contributed by atoms with Gasteiger partial charge in [0.25, 0.3) is 5.89 Å². The fourth-order valence-corrected chi connectivity index (χ4v) is 1.03. The Bertz CT molecular complexity index is 450. The third-order valence-electron chi connectivity index (χ3n) is 1.81. The van der Waals surface area contributed by atoms with Crippen molar-refractivity contribution in [2.75, 3.05) is 6.61 Å². The molecule has 0 radical (unpaired) electrons. The van der Waals surface area contributed by atoms with Crippen LogP contribution in [0.1, 0.15) is 17.6 Å². The maximum atomic E-state index is 8.79. The molecule has 0 fully saturated rings. The lowest BCUT2D eigenvalue weighted by atomic mass is 10.3. The van der Waals surface area contributed by atoms with E-state index in [4.69, 9.17) is 19.9 Å². The van der Waals surface area contributed by atoms with Crippen LogP contribution in [0.4, 0.5) is 0 Å². The van der Waals surface area contributed by atoms with Crippen LogP contribution >= 0.6 is 0 Å². The average Bonchev–Trinajstić information content (AvgIpc) is 2.84. The van der Waals surface area contributed by atoms with Crippen molar-refractivity contribution < 1.29 is 14.2 Å². The number of hydrogen-bond acceptors (Lipinski definition) is 7. The van der Waals surface area contributed by atoms with Crippen molar-refractivity contribution >= 4 is 0 Å². The molecule has 15 heavy (non-hydrogen) atoms. The van der Waals surface area contributed by atoms with Gasteiger partial charge in [0.05, 0.1) is 18.3 Å². The summed E-state index contributed by atoms with van der Waals surface area (Å²) in [6, 6.07) is 1.02. The van der Waals surface area contributed by atoms with Crippen molar-refractivity contribution in [1.82, 2.24) is 15.3 Å². The molecule has 2 rings (SSSR count). The Kier molecular flexibility index (Phi) is 2.48. The topological polar surface area (TPSA) is 111 Å². The van der Waals surface area contributed by atoms with E-state index in [0.29, 0.717) is 5.76 Å². The molecule has 0 saturated carbocycles. The molecular formula is C8H10N4O3. The maximum absolute atomic E-state index is 8.79. The largest absolute Gasteiger partial charge is 0.394 e. The predicted molar refractivity (Wildman–Crippen MR) is 48.5 cm³/mol. The quantitative estimate of drug-likeness (QED) is 0.734. The average molecular weight is 210 g/mol. The van der Waals surface area contributed by atoms with Crippen LogP contribution in [0.5, 0.6) is 0 Å². The molecule has 2 heterocycles. The smallest absolute Gasteiger partial charge is 0.296 e. The highest BCUT2D eigenvalue weighted by atomic mass is 16.5. The Hall–Kier alpha value is -1.73. The zero-order valence-electron chi connectivity index (χ0n) is 8.04. The number of aliphatic hydroxyl groups excluding tert-OH is 1. The summed E-state index contributed by atoms with van der Waals surface area (Å²) in [5, 5.41) is 16.1. The maximum Gasteiger partial charge on any atom is 0.296 e. The number of hydrogen-bond donors (Lipinski definition) is 2. The van der Waals surface area contributed by atoms with Gasteiger partial charge in [0.1, 0.15) is 0 Å². The minimum absolute atomic E-state index is 0.203. The third-order valence-corrected chi connectivity index (χ3v) is 1.81. The normalized spacial score (nSPS) is 13.0. The standard InChI is InChI=1S/C8H10N4O3/c1-4-2-6(14-11-4)8-10-7(12-15-8)5(9)3-13/h2,5,13H,3,9H2,1H3. The molecule has 0 bridgehead atoms. The van der Waals surface area contributed by atoms with Crippen LogP contribution < -0.4 is 5.73 Å². The number of nitrogens with zero attached hydrogens (tertiary/aromatic N) is 3. The molecule has 1 atom stereocenters. The Morgan fingerprint density at radius 3 is 2.87 bits per heavy atom. The number of aromatic nitrogens is 3. The van der Waals surface area contributed by atoms with Gasteiger partial charge >= 0.3 is 0 Å². The minimum atomic E-state index is -0.647. The molecular weight excluding hydrogens is 200 g/mol. The Morgan fingerprint density at radius 2 is 2.27 bits per heavy atom. The van der Waals surface area contributed by atoms with Crippen molar-refractivity contribution in [3.8, 4) is 11.7 Å². The molecule has 0 aliphatic rings. The SMILES string of the molecule is Cc1cc(-c2nc(C(N)CO)no2)on1. The van der Waals surface area contributed by atoms with E-state index in [9.17, 15) is 0 Å². The zero-order chi connectivity index (χ0) is 10.8. The first-order valence-electron chi connectivity index (χ1n) is 4.34. The predicted octanol–water partition coefficient (Wildman–Crippen LogP) is 0.0251. The number of nitrogens with two attached hydrogens (primary N) is 1. The second-order valence-corrected chi connectivity index (χ2v) is 3.08. The van der Waals surface area contributed by atoms with Crippen LogP contribution in [-0.2, 0) is 0 Å². The van der Waals surface area contributed by atoms with Gasteiger partial charge in [-0.25, -0.2) is 0 Å². The van der Waals surface area contributed by atoms with Gasteiger partial charge in [-0.15, -0.1) is 0 Å². The number of rotatable bonds is 3. The van der Waals surface area contributed by atoms with Crippen LogP contribution in [0.3, 0.4) is 0 Å². The fourth-order valence-electron chi connectivity index (χ4n) is 1.03. The monoisotopic (exact) mass is 210 g/mol. The van der Waals surface area contributed by atoms with E-state index in [1.807, 2.05) is 0 Å². The molecule has 0 aromatic carbocycles. The van der Waals surface area contributed by atoms with Gasteiger partial charge in [-0.05, 0) is 6.92 Å². The number of aryl methyl sites for hydroxylation is 1. The second-order valence-electron chi connectivity index (χ2n) is 3.08. The second kappa shape index (κ2) is 3.79. The van der Waals surface area contributed by atoms with Gasteiger partial charge in [-0.3, -0.25) is 0 Å². The molecule has 7 heteroatoms. The van der Waals surface area contributed by atoms with Crippen LogP contribution in [0.15, 0.2) is 15.1 Å². The molecule has 0 spiro atoms. The van der Waals surface area contributed by atoms with Crippen molar-refractivity contribution in [3.05, 3.63) is 17.6 Å². The van der Waals surface area contributed by atoms with E-state index in [1.165, 1.54) is 0 Å². The Morgan fingerprint density at radius 1 is 1.47 bits per heavy atom. The summed E-state index contributed by atoms with van der Waals surface area (Å²) in [5.74, 6) is 0.826. The van der Waals surface area contributed by atoms with E-state index in [2.05, 4.69) is 15.3 Å². The van der Waals surface area contributed by atoms with Crippen molar-refractivity contribution in [2.45, 2.75) is 13.0 Å². The van der Waals surface area contributed by atoms with Gasteiger partial charge < -0.3 is 19.9 Å². The van der Waals surface area contributed by atoms with E-state index in [1.54, 1.807) is 13.0 Å².